The molecular formula is C15H27ClN2O. The number of likely N-dealkylation sites (tertiary alicyclic amines) is 1. The molecule has 2 aliphatic carbocycles. The monoisotopic (exact) mass is 286 g/mol. The van der Waals surface area contributed by atoms with E-state index in [0.717, 1.165) is 38.3 Å². The maximum absolute atomic E-state index is 12.3. The van der Waals surface area contributed by atoms with E-state index in [1.807, 2.05) is 0 Å². The number of hydrogen-bond donors (Lipinski definition) is 1. The van der Waals surface area contributed by atoms with Crippen LogP contribution in [0.3, 0.4) is 0 Å². The Morgan fingerprint density at radius 1 is 1.21 bits per heavy atom. The molecule has 0 aromatic heterocycles. The summed E-state index contributed by atoms with van der Waals surface area (Å²) >= 11 is 0. The van der Waals surface area contributed by atoms with E-state index in [1.54, 1.807) is 0 Å². The molecule has 4 heteroatoms. The number of halogens is 1. The van der Waals surface area contributed by atoms with Gasteiger partial charge in [-0.05, 0) is 50.0 Å². The van der Waals surface area contributed by atoms with Gasteiger partial charge in [0.25, 0.3) is 0 Å². The predicted octanol–water partition coefficient (Wildman–Crippen LogP) is 2.44. The van der Waals surface area contributed by atoms with Crippen molar-refractivity contribution in [2.45, 2.75) is 52.0 Å². The molecule has 19 heavy (non-hydrogen) atoms. The van der Waals surface area contributed by atoms with E-state index >= 15 is 0 Å². The van der Waals surface area contributed by atoms with Gasteiger partial charge in [0.1, 0.15) is 0 Å². The summed E-state index contributed by atoms with van der Waals surface area (Å²) in [7, 11) is 0. The molecule has 1 atom stereocenters. The molecule has 1 unspecified atom stereocenters. The number of piperidine rings is 1. The van der Waals surface area contributed by atoms with Gasteiger partial charge >= 0.3 is 0 Å². The fourth-order valence-electron chi connectivity index (χ4n) is 3.07. The van der Waals surface area contributed by atoms with Crippen LogP contribution in [0, 0.1) is 17.3 Å². The van der Waals surface area contributed by atoms with Gasteiger partial charge in [0.05, 0.1) is 0 Å². The van der Waals surface area contributed by atoms with Crippen molar-refractivity contribution < 1.29 is 4.79 Å². The van der Waals surface area contributed by atoms with E-state index < -0.39 is 0 Å². The molecule has 3 aliphatic rings. The second-order valence-corrected chi connectivity index (χ2v) is 7.20. The normalized spacial score (nSPS) is 29.8. The van der Waals surface area contributed by atoms with Crippen molar-refractivity contribution in [2.24, 2.45) is 17.3 Å². The van der Waals surface area contributed by atoms with Crippen LogP contribution in [0.4, 0.5) is 0 Å². The molecule has 1 N–H and O–H groups in total. The minimum absolute atomic E-state index is 0. The Morgan fingerprint density at radius 2 is 1.79 bits per heavy atom. The molecule has 0 aromatic carbocycles. The van der Waals surface area contributed by atoms with Crippen LogP contribution in [-0.4, -0.2) is 36.5 Å². The average Bonchev–Trinajstić information content (AvgIpc) is 3.24. The van der Waals surface area contributed by atoms with E-state index in [4.69, 9.17) is 0 Å². The number of carbonyl (C=O) groups excluding carboxylic acids is 1. The van der Waals surface area contributed by atoms with Gasteiger partial charge < -0.3 is 10.2 Å². The summed E-state index contributed by atoms with van der Waals surface area (Å²) < 4.78 is 0. The molecule has 3 nitrogen and oxygen atoms in total. The third-order valence-electron chi connectivity index (χ3n) is 5.01. The maximum atomic E-state index is 12.3. The summed E-state index contributed by atoms with van der Waals surface area (Å²) in [4.78, 5) is 14.4. The minimum Gasteiger partial charge on any atom is -0.342 e. The third-order valence-corrected chi connectivity index (χ3v) is 5.01. The molecule has 0 aromatic rings. The van der Waals surface area contributed by atoms with E-state index in [2.05, 4.69) is 24.1 Å². The van der Waals surface area contributed by atoms with Crippen molar-refractivity contribution in [1.29, 1.82) is 0 Å². The maximum Gasteiger partial charge on any atom is 0.226 e. The summed E-state index contributed by atoms with van der Waals surface area (Å²) in [5.41, 5.74) is 0.276. The van der Waals surface area contributed by atoms with Crippen LogP contribution >= 0.6 is 12.4 Å². The molecular weight excluding hydrogens is 260 g/mol. The fourth-order valence-corrected chi connectivity index (χ4v) is 3.07. The lowest BCUT2D eigenvalue weighted by molar-refractivity contribution is -0.134. The van der Waals surface area contributed by atoms with Crippen molar-refractivity contribution in [3.05, 3.63) is 0 Å². The van der Waals surface area contributed by atoms with Crippen LogP contribution in [0.5, 0.6) is 0 Å². The van der Waals surface area contributed by atoms with Gasteiger partial charge in [0, 0.05) is 25.0 Å². The van der Waals surface area contributed by atoms with Gasteiger partial charge in [-0.25, -0.2) is 0 Å². The lowest BCUT2D eigenvalue weighted by atomic mass is 10.0. The Hall–Kier alpha value is -0.280. The summed E-state index contributed by atoms with van der Waals surface area (Å²) in [6.45, 7) is 7.55. The van der Waals surface area contributed by atoms with E-state index in [0.29, 0.717) is 17.9 Å². The highest BCUT2D eigenvalue weighted by Gasteiger charge is 2.52. The largest absolute Gasteiger partial charge is 0.342 e. The van der Waals surface area contributed by atoms with Gasteiger partial charge in [0.2, 0.25) is 5.91 Å². The van der Waals surface area contributed by atoms with Crippen LogP contribution in [0.15, 0.2) is 0 Å². The smallest absolute Gasteiger partial charge is 0.226 e. The van der Waals surface area contributed by atoms with Crippen LogP contribution in [-0.2, 0) is 4.79 Å². The Balaban J connectivity index is 0.00000133. The number of nitrogens with zero attached hydrogens (tertiary/aromatic N) is 1. The molecule has 1 heterocycles. The van der Waals surface area contributed by atoms with E-state index in [1.165, 1.54) is 19.4 Å². The van der Waals surface area contributed by atoms with Gasteiger partial charge in [-0.1, -0.05) is 13.8 Å². The minimum atomic E-state index is 0. The topological polar surface area (TPSA) is 32.3 Å². The highest BCUT2D eigenvalue weighted by Crippen LogP contribution is 2.52. The molecule has 0 radical (unpaired) electrons. The van der Waals surface area contributed by atoms with Crippen molar-refractivity contribution in [1.82, 2.24) is 10.2 Å². The SMILES string of the molecule is CC1(C)CC1C(=O)N1CCC(NCC2CC2)CC1.Cl. The number of rotatable bonds is 4. The average molecular weight is 287 g/mol. The van der Waals surface area contributed by atoms with Gasteiger partial charge in [0.15, 0.2) is 0 Å². The fraction of sp³-hybridized carbons (Fsp3) is 0.933. The van der Waals surface area contributed by atoms with Gasteiger partial charge in [-0.15, -0.1) is 12.4 Å². The van der Waals surface area contributed by atoms with Crippen molar-refractivity contribution in [3.8, 4) is 0 Å². The Bertz CT molecular complexity index is 333. The second-order valence-electron chi connectivity index (χ2n) is 7.20. The van der Waals surface area contributed by atoms with Gasteiger partial charge in [-0.2, -0.15) is 0 Å². The van der Waals surface area contributed by atoms with Crippen molar-refractivity contribution in [3.63, 3.8) is 0 Å². The zero-order valence-corrected chi connectivity index (χ0v) is 13.0. The van der Waals surface area contributed by atoms with Crippen LogP contribution in [0.2, 0.25) is 0 Å². The van der Waals surface area contributed by atoms with Crippen molar-refractivity contribution in [2.75, 3.05) is 19.6 Å². The van der Waals surface area contributed by atoms with Crippen LogP contribution in [0.1, 0.15) is 46.0 Å². The lowest BCUT2D eigenvalue weighted by Crippen LogP contribution is -2.46. The zero-order chi connectivity index (χ0) is 12.8. The molecule has 0 spiro atoms. The first kappa shape index (κ1) is 15.1. The number of carbonyl (C=O) groups is 1. The van der Waals surface area contributed by atoms with E-state index in [9.17, 15) is 4.79 Å². The molecule has 1 saturated heterocycles. The molecule has 3 rings (SSSR count). The first-order chi connectivity index (χ1) is 8.56. The van der Waals surface area contributed by atoms with Crippen LogP contribution in [0.25, 0.3) is 0 Å². The molecule has 2 saturated carbocycles. The third kappa shape index (κ3) is 3.63. The quantitative estimate of drug-likeness (QED) is 0.861. The number of hydrogen-bond acceptors (Lipinski definition) is 2. The number of nitrogens with one attached hydrogen (secondary N) is 1. The second kappa shape index (κ2) is 5.61. The molecule has 1 amide bonds. The summed E-state index contributed by atoms with van der Waals surface area (Å²) in [5.74, 6) is 1.69. The standard InChI is InChI=1S/C15H26N2O.ClH/c1-15(2)9-13(15)14(18)17-7-5-12(6-8-17)16-10-11-3-4-11;/h11-13,16H,3-10H2,1-2H3;1H. The molecule has 3 fully saturated rings. The predicted molar refractivity (Wildman–Crippen MR) is 79.5 cm³/mol. The number of amides is 1. The first-order valence-electron chi connectivity index (χ1n) is 7.58. The summed E-state index contributed by atoms with van der Waals surface area (Å²) in [6.07, 6.45) is 6.21. The van der Waals surface area contributed by atoms with Crippen molar-refractivity contribution >= 4 is 18.3 Å². The van der Waals surface area contributed by atoms with E-state index in [-0.39, 0.29) is 17.8 Å². The van der Waals surface area contributed by atoms with Crippen LogP contribution < -0.4 is 5.32 Å². The zero-order valence-electron chi connectivity index (χ0n) is 12.2. The summed E-state index contributed by atoms with van der Waals surface area (Å²) in [6, 6.07) is 0.655. The Labute approximate surface area is 122 Å². The lowest BCUT2D eigenvalue weighted by Gasteiger charge is -2.33. The first-order valence-corrected chi connectivity index (χ1v) is 7.58. The highest BCUT2D eigenvalue weighted by molar-refractivity contribution is 5.85. The molecule has 110 valence electrons. The molecule has 1 aliphatic heterocycles. The molecule has 0 bridgehead atoms. The Kier molecular flexibility index (Phi) is 4.46. The Morgan fingerprint density at radius 3 is 2.26 bits per heavy atom. The van der Waals surface area contributed by atoms with Gasteiger partial charge in [-0.3, -0.25) is 4.79 Å². The summed E-state index contributed by atoms with van der Waals surface area (Å²) in [5, 5.41) is 3.67. The highest BCUT2D eigenvalue weighted by atomic mass is 35.5.